The molecule has 0 N–H and O–H groups in total. The van der Waals surface area contributed by atoms with E-state index in [0.29, 0.717) is 18.1 Å². The molecule has 0 radical (unpaired) electrons. The predicted molar refractivity (Wildman–Crippen MR) is 70.6 cm³/mol. The maximum Gasteiger partial charge on any atom is 0.157 e. The molecule has 3 nitrogen and oxygen atoms in total. The maximum atomic E-state index is 5.75. The summed E-state index contributed by atoms with van der Waals surface area (Å²) in [5.41, 5.74) is 0.672. The summed E-state index contributed by atoms with van der Waals surface area (Å²) in [6, 6.07) is 0. The highest BCUT2D eigenvalue weighted by Crippen LogP contribution is 2.25. The van der Waals surface area contributed by atoms with Gasteiger partial charge in [-0.1, -0.05) is 26.5 Å². The molecule has 0 aliphatic carbocycles. The molecule has 0 aromatic heterocycles. The lowest BCUT2D eigenvalue weighted by molar-refractivity contribution is 0.232. The monoisotopic (exact) mass is 233 g/mol. The van der Waals surface area contributed by atoms with E-state index in [0.717, 1.165) is 24.4 Å². The van der Waals surface area contributed by atoms with E-state index in [1.54, 1.807) is 6.08 Å². The van der Waals surface area contributed by atoms with E-state index in [-0.39, 0.29) is 0 Å². The van der Waals surface area contributed by atoms with Crippen LogP contribution in [-0.2, 0) is 9.47 Å². The van der Waals surface area contributed by atoms with E-state index < -0.39 is 0 Å². The van der Waals surface area contributed by atoms with Gasteiger partial charge in [-0.25, -0.2) is 0 Å². The molecule has 0 fully saturated rings. The molecule has 1 heterocycles. The number of hydrogen-bond acceptors (Lipinski definition) is 3. The Labute approximate surface area is 103 Å². The van der Waals surface area contributed by atoms with Crippen LogP contribution < -0.4 is 0 Å². The van der Waals surface area contributed by atoms with Crippen LogP contribution in [0.15, 0.2) is 52.8 Å². The van der Waals surface area contributed by atoms with Crippen molar-refractivity contribution < 1.29 is 9.47 Å². The highest BCUT2D eigenvalue weighted by Gasteiger charge is 2.16. The highest BCUT2D eigenvalue weighted by atomic mass is 16.5. The number of aliphatic imine (C=N–C) groups is 1. The Hall–Kier alpha value is -1.77. The summed E-state index contributed by atoms with van der Waals surface area (Å²) >= 11 is 0. The third-order valence-electron chi connectivity index (χ3n) is 2.36. The minimum atomic E-state index is 0.359. The van der Waals surface area contributed by atoms with Crippen molar-refractivity contribution in [2.24, 2.45) is 4.99 Å². The lowest BCUT2D eigenvalue weighted by atomic mass is 10.3. The second-order valence-corrected chi connectivity index (χ2v) is 3.52. The fraction of sp³-hybridized carbons (Fsp3) is 0.357. The van der Waals surface area contributed by atoms with Crippen molar-refractivity contribution >= 4 is 6.72 Å². The van der Waals surface area contributed by atoms with Crippen molar-refractivity contribution in [2.45, 2.75) is 26.7 Å². The molecule has 0 aromatic carbocycles. The molecule has 1 aliphatic rings. The fourth-order valence-electron chi connectivity index (χ4n) is 1.44. The highest BCUT2D eigenvalue weighted by molar-refractivity contribution is 5.34. The Balaban J connectivity index is 3.03. The van der Waals surface area contributed by atoms with Crippen LogP contribution >= 0.6 is 0 Å². The molecule has 0 bridgehead atoms. The standard InChI is InChI=1S/C14H19NO2/c1-5-8-9-14-13(7-3)17-12(6-2)11(15-4)10-16-14/h6,8-9H,2,4-5,7,10H2,1,3H3/b9-8-. The first-order valence-electron chi connectivity index (χ1n) is 5.79. The van der Waals surface area contributed by atoms with Crippen LogP contribution in [-0.4, -0.2) is 13.3 Å². The Bertz CT molecular complexity index is 389. The molecule has 0 saturated carbocycles. The van der Waals surface area contributed by atoms with Crippen molar-refractivity contribution in [3.05, 3.63) is 47.8 Å². The van der Waals surface area contributed by atoms with Gasteiger partial charge in [0, 0.05) is 6.42 Å². The van der Waals surface area contributed by atoms with Crippen molar-refractivity contribution in [1.82, 2.24) is 0 Å². The Morgan fingerprint density at radius 3 is 2.65 bits per heavy atom. The van der Waals surface area contributed by atoms with Gasteiger partial charge in [0.2, 0.25) is 0 Å². The summed E-state index contributed by atoms with van der Waals surface area (Å²) in [4.78, 5) is 3.90. The van der Waals surface area contributed by atoms with Gasteiger partial charge in [-0.3, -0.25) is 4.99 Å². The van der Waals surface area contributed by atoms with Crippen molar-refractivity contribution in [2.75, 3.05) is 6.61 Å². The van der Waals surface area contributed by atoms with Gasteiger partial charge in [-0.2, -0.15) is 0 Å². The molecule has 0 unspecified atom stereocenters. The van der Waals surface area contributed by atoms with Gasteiger partial charge in [-0.15, -0.1) is 0 Å². The Morgan fingerprint density at radius 2 is 2.12 bits per heavy atom. The third kappa shape index (κ3) is 3.34. The number of hydrogen-bond donors (Lipinski definition) is 0. The van der Waals surface area contributed by atoms with Crippen LogP contribution in [0.2, 0.25) is 0 Å². The number of ether oxygens (including phenoxy) is 2. The molecule has 0 spiro atoms. The Kier molecular flexibility index (Phi) is 5.27. The first-order valence-corrected chi connectivity index (χ1v) is 5.79. The molecule has 1 aliphatic heterocycles. The number of rotatable bonds is 5. The lowest BCUT2D eigenvalue weighted by Crippen LogP contribution is -1.95. The van der Waals surface area contributed by atoms with Crippen molar-refractivity contribution in [1.29, 1.82) is 0 Å². The van der Waals surface area contributed by atoms with Gasteiger partial charge in [0.05, 0.1) is 0 Å². The average molecular weight is 233 g/mol. The minimum absolute atomic E-state index is 0.359. The molecule has 1 rings (SSSR count). The topological polar surface area (TPSA) is 30.8 Å². The van der Waals surface area contributed by atoms with Crippen LogP contribution in [0.4, 0.5) is 0 Å². The SMILES string of the molecule is C=CC1=C(N=C)COC(/C=C\CC)=C(CC)O1. The zero-order valence-corrected chi connectivity index (χ0v) is 10.5. The molecule has 0 amide bonds. The molecular weight excluding hydrogens is 214 g/mol. The summed E-state index contributed by atoms with van der Waals surface area (Å²) < 4.78 is 11.4. The lowest BCUT2D eigenvalue weighted by Gasteiger charge is -2.09. The summed E-state index contributed by atoms with van der Waals surface area (Å²) in [7, 11) is 0. The summed E-state index contributed by atoms with van der Waals surface area (Å²) in [6.07, 6.45) is 7.32. The molecule has 92 valence electrons. The van der Waals surface area contributed by atoms with E-state index in [4.69, 9.17) is 9.47 Å². The fourth-order valence-corrected chi connectivity index (χ4v) is 1.44. The summed E-state index contributed by atoms with van der Waals surface area (Å²) in [6.45, 7) is 11.7. The van der Waals surface area contributed by atoms with Gasteiger partial charge in [0.25, 0.3) is 0 Å². The minimum Gasteiger partial charge on any atom is -0.484 e. The molecular formula is C14H19NO2. The molecule has 17 heavy (non-hydrogen) atoms. The van der Waals surface area contributed by atoms with Gasteiger partial charge in [-0.05, 0) is 25.3 Å². The van der Waals surface area contributed by atoms with E-state index in [1.165, 1.54) is 0 Å². The quantitative estimate of drug-likeness (QED) is 0.677. The first kappa shape index (κ1) is 13.3. The normalized spacial score (nSPS) is 16.6. The van der Waals surface area contributed by atoms with Gasteiger partial charge < -0.3 is 9.47 Å². The Morgan fingerprint density at radius 1 is 1.35 bits per heavy atom. The summed E-state index contributed by atoms with van der Waals surface area (Å²) in [5, 5.41) is 0. The predicted octanol–water partition coefficient (Wildman–Crippen LogP) is 3.72. The van der Waals surface area contributed by atoms with E-state index in [2.05, 4.69) is 25.2 Å². The maximum absolute atomic E-state index is 5.75. The van der Waals surface area contributed by atoms with Crippen LogP contribution in [0.3, 0.4) is 0 Å². The molecule has 0 saturated heterocycles. The van der Waals surface area contributed by atoms with E-state index >= 15 is 0 Å². The van der Waals surface area contributed by atoms with Crippen LogP contribution in [0, 0.1) is 0 Å². The number of allylic oxidation sites excluding steroid dienone is 4. The van der Waals surface area contributed by atoms with E-state index in [9.17, 15) is 0 Å². The second-order valence-electron chi connectivity index (χ2n) is 3.52. The zero-order chi connectivity index (χ0) is 12.7. The smallest absolute Gasteiger partial charge is 0.157 e. The number of nitrogens with zero attached hydrogens (tertiary/aromatic N) is 1. The molecule has 0 aromatic rings. The van der Waals surface area contributed by atoms with Gasteiger partial charge in [0.1, 0.15) is 18.1 Å². The largest absolute Gasteiger partial charge is 0.484 e. The zero-order valence-electron chi connectivity index (χ0n) is 10.5. The summed E-state index contributed by atoms with van der Waals surface area (Å²) in [5.74, 6) is 2.17. The molecule has 0 atom stereocenters. The average Bonchev–Trinajstić information content (AvgIpc) is 2.54. The third-order valence-corrected chi connectivity index (χ3v) is 2.36. The van der Waals surface area contributed by atoms with E-state index in [1.807, 2.05) is 19.1 Å². The first-order chi connectivity index (χ1) is 8.26. The van der Waals surface area contributed by atoms with Crippen LogP contribution in [0.1, 0.15) is 26.7 Å². The van der Waals surface area contributed by atoms with Gasteiger partial charge >= 0.3 is 0 Å². The van der Waals surface area contributed by atoms with Crippen LogP contribution in [0.5, 0.6) is 0 Å². The molecule has 3 heteroatoms. The van der Waals surface area contributed by atoms with Gasteiger partial charge in [0.15, 0.2) is 11.5 Å². The van der Waals surface area contributed by atoms with Crippen LogP contribution in [0.25, 0.3) is 0 Å². The van der Waals surface area contributed by atoms with Crippen molar-refractivity contribution in [3.8, 4) is 0 Å². The van der Waals surface area contributed by atoms with Crippen molar-refractivity contribution in [3.63, 3.8) is 0 Å². The second kappa shape index (κ2) is 6.74.